The van der Waals surface area contributed by atoms with Gasteiger partial charge in [-0.25, -0.2) is 4.79 Å². The van der Waals surface area contributed by atoms with Crippen LogP contribution in [0.25, 0.3) is 0 Å². The van der Waals surface area contributed by atoms with Crippen molar-refractivity contribution in [3.8, 4) is 0 Å². The largest absolute Gasteiger partial charge is 0.466 e. The van der Waals surface area contributed by atoms with Crippen molar-refractivity contribution in [2.75, 3.05) is 19.0 Å². The minimum Gasteiger partial charge on any atom is -0.466 e. The maximum atomic E-state index is 11.4. The molecular weight excluding hydrogens is 242 g/mol. The molecule has 0 radical (unpaired) electrons. The Morgan fingerprint density at radius 1 is 1.42 bits per heavy atom. The molecule has 0 spiro atoms. The summed E-state index contributed by atoms with van der Waals surface area (Å²) in [6, 6.07) is 6.21. The van der Waals surface area contributed by atoms with E-state index in [4.69, 9.17) is 9.47 Å². The number of carbonyl (C=O) groups is 1. The van der Waals surface area contributed by atoms with Crippen molar-refractivity contribution in [2.24, 2.45) is 0 Å². The summed E-state index contributed by atoms with van der Waals surface area (Å²) in [6.07, 6.45) is 2.54. The van der Waals surface area contributed by atoms with E-state index in [-0.39, 0.29) is 5.97 Å². The Morgan fingerprint density at radius 3 is 2.95 bits per heavy atom. The van der Waals surface area contributed by atoms with Gasteiger partial charge in [0.05, 0.1) is 20.3 Å². The van der Waals surface area contributed by atoms with E-state index in [0.717, 1.165) is 5.69 Å². The highest BCUT2D eigenvalue weighted by molar-refractivity contribution is 5.88. The lowest BCUT2D eigenvalue weighted by Gasteiger charge is -2.07. The van der Waals surface area contributed by atoms with Crippen molar-refractivity contribution in [1.29, 1.82) is 0 Å². The van der Waals surface area contributed by atoms with Gasteiger partial charge in [0.15, 0.2) is 0 Å². The molecule has 0 atom stereocenters. The summed E-state index contributed by atoms with van der Waals surface area (Å²) in [6.45, 7) is 3.94. The van der Waals surface area contributed by atoms with Gasteiger partial charge in [0, 0.05) is 17.8 Å². The van der Waals surface area contributed by atoms with Gasteiger partial charge in [0.25, 0.3) is 0 Å². The van der Waals surface area contributed by atoms with Gasteiger partial charge in [-0.2, -0.15) is 0 Å². The number of fused-ring (bicyclic) bond motifs is 1. The maximum absolute atomic E-state index is 11.4. The average Bonchev–Trinajstić information content (AvgIpc) is 2.90. The van der Waals surface area contributed by atoms with Gasteiger partial charge in [-0.1, -0.05) is 19.1 Å². The summed E-state index contributed by atoms with van der Waals surface area (Å²) in [7, 11) is 1.40. The first-order valence-corrected chi connectivity index (χ1v) is 6.45. The van der Waals surface area contributed by atoms with E-state index >= 15 is 0 Å². The van der Waals surface area contributed by atoms with Crippen molar-refractivity contribution in [1.82, 2.24) is 0 Å². The third kappa shape index (κ3) is 3.35. The normalized spacial score (nSPS) is 14.1. The summed E-state index contributed by atoms with van der Waals surface area (Å²) in [5, 5.41) is 3.28. The van der Waals surface area contributed by atoms with Crippen LogP contribution in [0.1, 0.15) is 24.5 Å². The van der Waals surface area contributed by atoms with Gasteiger partial charge in [-0.15, -0.1) is 0 Å². The smallest absolute Gasteiger partial charge is 0.333 e. The Kier molecular flexibility index (Phi) is 4.58. The van der Waals surface area contributed by atoms with Gasteiger partial charge in [-0.05, 0) is 29.7 Å². The molecule has 1 heterocycles. The van der Waals surface area contributed by atoms with Crippen molar-refractivity contribution >= 4 is 11.7 Å². The van der Waals surface area contributed by atoms with E-state index in [0.29, 0.717) is 31.8 Å². The van der Waals surface area contributed by atoms with E-state index < -0.39 is 0 Å². The molecule has 0 saturated heterocycles. The number of hydrogen-bond acceptors (Lipinski definition) is 4. The number of anilines is 1. The molecule has 0 aromatic heterocycles. The minimum atomic E-state index is -0.258. The van der Waals surface area contributed by atoms with Crippen LogP contribution in [0.5, 0.6) is 0 Å². The molecule has 0 saturated carbocycles. The molecule has 1 aliphatic rings. The van der Waals surface area contributed by atoms with Crippen LogP contribution in [-0.4, -0.2) is 19.6 Å². The van der Waals surface area contributed by atoms with Gasteiger partial charge < -0.3 is 14.8 Å². The molecule has 0 unspecified atom stereocenters. The van der Waals surface area contributed by atoms with Crippen LogP contribution in [0.4, 0.5) is 5.69 Å². The molecule has 0 amide bonds. The molecule has 102 valence electrons. The Hall–Kier alpha value is -1.81. The predicted octanol–water partition coefficient (Wildman–Crippen LogP) is 2.64. The molecule has 1 aromatic carbocycles. The highest BCUT2D eigenvalue weighted by atomic mass is 16.5. The summed E-state index contributed by atoms with van der Waals surface area (Å²) in [5.41, 5.74) is 4.22. The zero-order valence-corrected chi connectivity index (χ0v) is 11.4. The molecule has 0 bridgehead atoms. The molecule has 0 fully saturated rings. The van der Waals surface area contributed by atoms with E-state index in [1.165, 1.54) is 18.2 Å². The van der Waals surface area contributed by atoms with Crippen LogP contribution >= 0.6 is 0 Å². The summed E-state index contributed by atoms with van der Waals surface area (Å²) in [5.74, 6) is -0.258. The van der Waals surface area contributed by atoms with Crippen molar-refractivity contribution in [3.63, 3.8) is 0 Å². The van der Waals surface area contributed by atoms with Crippen LogP contribution in [0.2, 0.25) is 0 Å². The standard InChI is InChI=1S/C15H19NO3/c1-3-11(15(17)18-2)6-7-16-14-5-4-12-9-19-10-13(12)8-14/h4-6,8,16H,3,7,9-10H2,1-2H3/b11-6-. The van der Waals surface area contributed by atoms with E-state index in [1.807, 2.05) is 19.1 Å². The van der Waals surface area contributed by atoms with Crippen LogP contribution in [-0.2, 0) is 27.5 Å². The second kappa shape index (κ2) is 6.38. The van der Waals surface area contributed by atoms with Crippen molar-refractivity contribution in [2.45, 2.75) is 26.6 Å². The third-order valence-corrected chi connectivity index (χ3v) is 3.20. The Morgan fingerprint density at radius 2 is 2.21 bits per heavy atom. The first-order chi connectivity index (χ1) is 9.24. The van der Waals surface area contributed by atoms with E-state index in [1.54, 1.807) is 0 Å². The lowest BCUT2D eigenvalue weighted by Crippen LogP contribution is -2.07. The van der Waals surface area contributed by atoms with Crippen molar-refractivity contribution in [3.05, 3.63) is 41.0 Å². The predicted molar refractivity (Wildman–Crippen MR) is 73.8 cm³/mol. The first-order valence-electron chi connectivity index (χ1n) is 6.45. The Bertz CT molecular complexity index is 494. The second-order valence-corrected chi connectivity index (χ2v) is 4.43. The van der Waals surface area contributed by atoms with Gasteiger partial charge in [0.2, 0.25) is 0 Å². The fraction of sp³-hybridized carbons (Fsp3) is 0.400. The van der Waals surface area contributed by atoms with Crippen LogP contribution in [0, 0.1) is 0 Å². The molecule has 0 aliphatic carbocycles. The molecule has 1 N–H and O–H groups in total. The summed E-state index contributed by atoms with van der Waals surface area (Å²) >= 11 is 0. The summed E-state index contributed by atoms with van der Waals surface area (Å²) < 4.78 is 10.1. The number of benzene rings is 1. The van der Waals surface area contributed by atoms with Gasteiger partial charge in [-0.3, -0.25) is 0 Å². The number of carbonyl (C=O) groups excluding carboxylic acids is 1. The molecule has 2 rings (SSSR count). The monoisotopic (exact) mass is 261 g/mol. The van der Waals surface area contributed by atoms with E-state index in [2.05, 4.69) is 17.4 Å². The molecule has 19 heavy (non-hydrogen) atoms. The molecule has 1 aliphatic heterocycles. The number of esters is 1. The van der Waals surface area contributed by atoms with Gasteiger partial charge in [0.1, 0.15) is 0 Å². The third-order valence-electron chi connectivity index (χ3n) is 3.20. The topological polar surface area (TPSA) is 47.6 Å². The lowest BCUT2D eigenvalue weighted by atomic mass is 10.1. The number of ether oxygens (including phenoxy) is 2. The lowest BCUT2D eigenvalue weighted by molar-refractivity contribution is -0.136. The highest BCUT2D eigenvalue weighted by Crippen LogP contribution is 2.23. The van der Waals surface area contributed by atoms with E-state index in [9.17, 15) is 4.79 Å². The number of nitrogens with one attached hydrogen (secondary N) is 1. The number of methoxy groups -OCH3 is 1. The summed E-state index contributed by atoms with van der Waals surface area (Å²) in [4.78, 5) is 11.4. The Balaban J connectivity index is 1.95. The Labute approximate surface area is 113 Å². The first kappa shape index (κ1) is 13.6. The fourth-order valence-electron chi connectivity index (χ4n) is 2.08. The zero-order valence-electron chi connectivity index (χ0n) is 11.4. The van der Waals surface area contributed by atoms with Crippen LogP contribution < -0.4 is 5.32 Å². The SMILES string of the molecule is CC/C(=C/CNc1ccc2c(c1)COC2)C(=O)OC. The quantitative estimate of drug-likeness (QED) is 0.654. The van der Waals surface area contributed by atoms with Crippen molar-refractivity contribution < 1.29 is 14.3 Å². The average molecular weight is 261 g/mol. The number of hydrogen-bond donors (Lipinski definition) is 1. The molecule has 1 aromatic rings. The molecule has 4 heteroatoms. The zero-order chi connectivity index (χ0) is 13.7. The fourth-order valence-corrected chi connectivity index (χ4v) is 2.08. The minimum absolute atomic E-state index is 0.258. The highest BCUT2D eigenvalue weighted by Gasteiger charge is 2.11. The maximum Gasteiger partial charge on any atom is 0.333 e. The number of rotatable bonds is 5. The molecular formula is C15H19NO3. The van der Waals surface area contributed by atoms with Crippen LogP contribution in [0.3, 0.4) is 0 Å². The molecule has 4 nitrogen and oxygen atoms in total. The second-order valence-electron chi connectivity index (χ2n) is 4.43. The van der Waals surface area contributed by atoms with Gasteiger partial charge >= 0.3 is 5.97 Å². The van der Waals surface area contributed by atoms with Crippen LogP contribution in [0.15, 0.2) is 29.8 Å².